The lowest BCUT2D eigenvalue weighted by Gasteiger charge is -2.10. The van der Waals surface area contributed by atoms with Crippen LogP contribution in [-0.4, -0.2) is 25.3 Å². The summed E-state index contributed by atoms with van der Waals surface area (Å²) >= 11 is 0. The number of hydrogen-bond acceptors (Lipinski definition) is 4. The fraction of sp³-hybridized carbons (Fsp3) is 0.0588. The Bertz CT molecular complexity index is 1040. The molecule has 3 heterocycles. The Hall–Kier alpha value is -3.28. The average molecular weight is 303 g/mol. The number of rotatable bonds is 2. The summed E-state index contributed by atoms with van der Waals surface area (Å²) in [4.78, 5) is 25.3. The third-order valence-corrected chi connectivity index (χ3v) is 3.75. The number of hydrogen-bond donors (Lipinski definition) is 1. The SMILES string of the molecule is Cc1ccc(NC(=O)c2nccn3ccnc23)c2cccnc12. The van der Waals surface area contributed by atoms with Gasteiger partial charge in [0.05, 0.1) is 11.2 Å². The van der Waals surface area contributed by atoms with Crippen LogP contribution in [0.1, 0.15) is 16.1 Å². The summed E-state index contributed by atoms with van der Waals surface area (Å²) < 4.78 is 1.76. The minimum Gasteiger partial charge on any atom is -0.320 e. The Morgan fingerprint density at radius 3 is 2.74 bits per heavy atom. The molecule has 0 aliphatic carbocycles. The third kappa shape index (κ3) is 2.20. The molecule has 0 atom stereocenters. The van der Waals surface area contributed by atoms with Gasteiger partial charge in [-0.1, -0.05) is 6.07 Å². The zero-order valence-electron chi connectivity index (χ0n) is 12.4. The van der Waals surface area contributed by atoms with Crippen molar-refractivity contribution in [3.05, 3.63) is 66.5 Å². The number of aryl methyl sites for hydroxylation is 1. The molecule has 4 aromatic rings. The molecule has 0 fully saturated rings. The molecule has 1 aromatic carbocycles. The van der Waals surface area contributed by atoms with Gasteiger partial charge in [0.1, 0.15) is 0 Å². The van der Waals surface area contributed by atoms with Crippen LogP contribution in [0, 0.1) is 6.92 Å². The topological polar surface area (TPSA) is 72.2 Å². The molecule has 0 radical (unpaired) electrons. The standard InChI is InChI=1S/C17H13N5O/c1-11-4-5-13(12-3-2-6-18-14(11)12)21-17(23)15-16-20-8-10-22(16)9-7-19-15/h2-10H,1H3,(H,21,23). The molecule has 0 saturated carbocycles. The van der Waals surface area contributed by atoms with E-state index in [0.717, 1.165) is 16.5 Å². The Balaban J connectivity index is 1.78. The van der Waals surface area contributed by atoms with Gasteiger partial charge in [-0.2, -0.15) is 0 Å². The first-order valence-electron chi connectivity index (χ1n) is 7.17. The molecule has 6 heteroatoms. The molecule has 23 heavy (non-hydrogen) atoms. The molecule has 0 saturated heterocycles. The normalized spacial score (nSPS) is 11.0. The predicted molar refractivity (Wildman–Crippen MR) is 87.4 cm³/mol. The molecule has 1 N–H and O–H groups in total. The highest BCUT2D eigenvalue weighted by Crippen LogP contribution is 2.25. The van der Waals surface area contributed by atoms with E-state index < -0.39 is 0 Å². The molecular formula is C17H13N5O. The maximum Gasteiger partial charge on any atom is 0.278 e. The molecule has 1 amide bonds. The summed E-state index contributed by atoms with van der Waals surface area (Å²) in [7, 11) is 0. The van der Waals surface area contributed by atoms with E-state index in [1.54, 1.807) is 35.4 Å². The summed E-state index contributed by atoms with van der Waals surface area (Å²) in [6.45, 7) is 1.99. The number of aromatic nitrogens is 4. The Morgan fingerprint density at radius 2 is 1.87 bits per heavy atom. The zero-order valence-corrected chi connectivity index (χ0v) is 12.4. The van der Waals surface area contributed by atoms with E-state index in [1.165, 1.54) is 0 Å². The molecule has 0 aliphatic rings. The van der Waals surface area contributed by atoms with Crippen molar-refractivity contribution in [3.63, 3.8) is 0 Å². The number of imidazole rings is 1. The average Bonchev–Trinajstić information content (AvgIpc) is 3.06. The fourth-order valence-corrected chi connectivity index (χ4v) is 2.62. The van der Waals surface area contributed by atoms with Gasteiger partial charge in [0.25, 0.3) is 5.91 Å². The summed E-state index contributed by atoms with van der Waals surface area (Å²) in [5.74, 6) is -0.296. The van der Waals surface area contributed by atoms with Gasteiger partial charge in [-0.05, 0) is 30.7 Å². The van der Waals surface area contributed by atoms with E-state index in [4.69, 9.17) is 0 Å². The number of benzene rings is 1. The van der Waals surface area contributed by atoms with Crippen LogP contribution in [0.3, 0.4) is 0 Å². The van der Waals surface area contributed by atoms with Crippen LogP contribution in [0.4, 0.5) is 5.69 Å². The predicted octanol–water partition coefficient (Wildman–Crippen LogP) is 2.84. The Kier molecular flexibility index (Phi) is 3.01. The van der Waals surface area contributed by atoms with Crippen LogP contribution in [-0.2, 0) is 0 Å². The number of amides is 1. The van der Waals surface area contributed by atoms with Crippen LogP contribution < -0.4 is 5.32 Å². The van der Waals surface area contributed by atoms with E-state index in [2.05, 4.69) is 20.3 Å². The second-order valence-corrected chi connectivity index (χ2v) is 5.22. The molecule has 3 aromatic heterocycles. The van der Waals surface area contributed by atoms with Crippen molar-refractivity contribution in [1.82, 2.24) is 19.4 Å². The molecule has 6 nitrogen and oxygen atoms in total. The highest BCUT2D eigenvalue weighted by molar-refractivity contribution is 6.10. The number of anilines is 1. The van der Waals surface area contributed by atoms with Gasteiger partial charge >= 0.3 is 0 Å². The van der Waals surface area contributed by atoms with Gasteiger partial charge in [0.15, 0.2) is 11.3 Å². The van der Waals surface area contributed by atoms with Gasteiger partial charge in [-0.15, -0.1) is 0 Å². The highest BCUT2D eigenvalue weighted by atomic mass is 16.1. The molecule has 0 bridgehead atoms. The van der Waals surface area contributed by atoms with E-state index in [-0.39, 0.29) is 11.6 Å². The van der Waals surface area contributed by atoms with Crippen LogP contribution in [0.5, 0.6) is 0 Å². The lowest BCUT2D eigenvalue weighted by Crippen LogP contribution is -2.15. The first-order valence-corrected chi connectivity index (χ1v) is 7.17. The third-order valence-electron chi connectivity index (χ3n) is 3.75. The van der Waals surface area contributed by atoms with Crippen molar-refractivity contribution in [2.75, 3.05) is 5.32 Å². The number of fused-ring (bicyclic) bond motifs is 2. The highest BCUT2D eigenvalue weighted by Gasteiger charge is 2.15. The van der Waals surface area contributed by atoms with Gasteiger partial charge in [0, 0.05) is 36.4 Å². The van der Waals surface area contributed by atoms with Crippen molar-refractivity contribution >= 4 is 28.1 Å². The lowest BCUT2D eigenvalue weighted by molar-refractivity contribution is 0.102. The monoisotopic (exact) mass is 303 g/mol. The van der Waals surface area contributed by atoms with Crippen molar-refractivity contribution in [2.45, 2.75) is 6.92 Å². The molecular weight excluding hydrogens is 290 g/mol. The van der Waals surface area contributed by atoms with E-state index in [9.17, 15) is 4.79 Å². The smallest absolute Gasteiger partial charge is 0.278 e. The minimum atomic E-state index is -0.296. The van der Waals surface area contributed by atoms with Crippen molar-refractivity contribution < 1.29 is 4.79 Å². The summed E-state index contributed by atoms with van der Waals surface area (Å²) in [5, 5.41) is 3.81. The maximum atomic E-state index is 12.6. The first-order chi connectivity index (χ1) is 11.2. The number of nitrogens with zero attached hydrogens (tertiary/aromatic N) is 4. The van der Waals surface area contributed by atoms with E-state index >= 15 is 0 Å². The van der Waals surface area contributed by atoms with Gasteiger partial charge in [-0.3, -0.25) is 9.78 Å². The fourth-order valence-electron chi connectivity index (χ4n) is 2.62. The van der Waals surface area contributed by atoms with Crippen molar-refractivity contribution in [2.24, 2.45) is 0 Å². The van der Waals surface area contributed by atoms with Gasteiger partial charge in [-0.25, -0.2) is 9.97 Å². The Morgan fingerprint density at radius 1 is 1.04 bits per heavy atom. The molecule has 4 rings (SSSR count). The van der Waals surface area contributed by atoms with Crippen LogP contribution in [0.25, 0.3) is 16.6 Å². The summed E-state index contributed by atoms with van der Waals surface area (Å²) in [6.07, 6.45) is 8.49. The zero-order chi connectivity index (χ0) is 15.8. The van der Waals surface area contributed by atoms with Crippen LogP contribution in [0.2, 0.25) is 0 Å². The maximum absolute atomic E-state index is 12.6. The first kappa shape index (κ1) is 13.4. The molecule has 0 unspecified atom stereocenters. The number of pyridine rings is 1. The van der Waals surface area contributed by atoms with Crippen LogP contribution in [0.15, 0.2) is 55.2 Å². The molecule has 112 valence electrons. The van der Waals surface area contributed by atoms with E-state index in [1.807, 2.05) is 31.2 Å². The van der Waals surface area contributed by atoms with Crippen LogP contribution >= 0.6 is 0 Å². The van der Waals surface area contributed by atoms with Gasteiger partial charge in [0.2, 0.25) is 0 Å². The van der Waals surface area contributed by atoms with Gasteiger partial charge < -0.3 is 9.72 Å². The Labute approximate surface area is 131 Å². The van der Waals surface area contributed by atoms with E-state index in [0.29, 0.717) is 11.3 Å². The van der Waals surface area contributed by atoms with Crippen molar-refractivity contribution in [1.29, 1.82) is 0 Å². The summed E-state index contributed by atoms with van der Waals surface area (Å²) in [5.41, 5.74) is 3.46. The van der Waals surface area contributed by atoms with Crippen molar-refractivity contribution in [3.8, 4) is 0 Å². The minimum absolute atomic E-state index is 0.287. The largest absolute Gasteiger partial charge is 0.320 e. The second-order valence-electron chi connectivity index (χ2n) is 5.22. The molecule has 0 aliphatic heterocycles. The number of carbonyl (C=O) groups excluding carboxylic acids is 1. The number of carbonyl (C=O) groups is 1. The summed E-state index contributed by atoms with van der Waals surface area (Å²) in [6, 6.07) is 7.61. The second kappa shape index (κ2) is 5.17. The lowest BCUT2D eigenvalue weighted by atomic mass is 10.1. The number of nitrogens with one attached hydrogen (secondary N) is 1. The quantitative estimate of drug-likeness (QED) is 0.618. The molecule has 0 spiro atoms.